The number of nitrogens with one attached hydrogen (secondary N) is 1. The fraction of sp³-hybridized carbons (Fsp3) is 0.273. The summed E-state index contributed by atoms with van der Waals surface area (Å²) < 4.78 is 37.2. The quantitative estimate of drug-likeness (QED) is 0.420. The molecule has 4 rings (SSSR count). The molecule has 0 aliphatic rings. The van der Waals surface area contributed by atoms with E-state index < -0.39 is 21.6 Å². The van der Waals surface area contributed by atoms with Gasteiger partial charge in [0.25, 0.3) is 0 Å². The van der Waals surface area contributed by atoms with E-state index in [0.717, 1.165) is 16.8 Å². The lowest BCUT2D eigenvalue weighted by Gasteiger charge is -2.20. The van der Waals surface area contributed by atoms with Gasteiger partial charge < -0.3 is 14.5 Å². The number of sulfone groups is 1. The van der Waals surface area contributed by atoms with Crippen LogP contribution >= 0.6 is 11.3 Å². The van der Waals surface area contributed by atoms with Crippen LogP contribution in [0.1, 0.15) is 18.5 Å². The SMILES string of the molecule is CCOc1cc(C(CS(C)(=O)=O)n2c(=O)[nH]c3c(-c4nccs4)cccc32)ccc1OC. The van der Waals surface area contributed by atoms with Crippen molar-refractivity contribution in [3.63, 3.8) is 0 Å². The van der Waals surface area contributed by atoms with Crippen molar-refractivity contribution in [3.05, 3.63) is 64.0 Å². The summed E-state index contributed by atoms with van der Waals surface area (Å²) in [6.45, 7) is 2.27. The fourth-order valence-corrected chi connectivity index (χ4v) is 5.35. The number of para-hydroxylation sites is 1. The van der Waals surface area contributed by atoms with Gasteiger partial charge >= 0.3 is 5.69 Å². The number of hydrogen-bond acceptors (Lipinski definition) is 7. The smallest absolute Gasteiger partial charge is 0.327 e. The molecule has 0 bridgehead atoms. The van der Waals surface area contributed by atoms with Crippen molar-refractivity contribution in [2.45, 2.75) is 13.0 Å². The molecular weight excluding hydrogens is 450 g/mol. The van der Waals surface area contributed by atoms with E-state index in [-0.39, 0.29) is 5.75 Å². The predicted molar refractivity (Wildman–Crippen MR) is 126 cm³/mol. The molecule has 1 N–H and O–H groups in total. The summed E-state index contributed by atoms with van der Waals surface area (Å²) in [5, 5.41) is 2.63. The number of rotatable bonds is 8. The molecular formula is C22H23N3O5S2. The molecule has 1 atom stereocenters. The Morgan fingerprint density at radius 3 is 2.69 bits per heavy atom. The summed E-state index contributed by atoms with van der Waals surface area (Å²) in [4.78, 5) is 20.4. The monoisotopic (exact) mass is 473 g/mol. The lowest BCUT2D eigenvalue weighted by molar-refractivity contribution is 0.310. The molecule has 2 aromatic heterocycles. The number of thiazole rings is 1. The highest BCUT2D eigenvalue weighted by molar-refractivity contribution is 7.90. The summed E-state index contributed by atoms with van der Waals surface area (Å²) in [6.07, 6.45) is 2.86. The maximum Gasteiger partial charge on any atom is 0.327 e. The zero-order chi connectivity index (χ0) is 22.9. The second-order valence-corrected chi connectivity index (χ2v) is 10.4. The second-order valence-electron chi connectivity index (χ2n) is 7.29. The molecule has 0 aliphatic heterocycles. The van der Waals surface area contributed by atoms with Crippen molar-refractivity contribution >= 4 is 32.2 Å². The number of nitrogens with zero attached hydrogens (tertiary/aromatic N) is 2. The van der Waals surface area contributed by atoms with Gasteiger partial charge in [0.05, 0.1) is 36.5 Å². The highest BCUT2D eigenvalue weighted by atomic mass is 32.2. The minimum Gasteiger partial charge on any atom is -0.493 e. The minimum atomic E-state index is -3.43. The predicted octanol–water partition coefficient (Wildman–Crippen LogP) is 3.49. The van der Waals surface area contributed by atoms with Crippen LogP contribution in [0.5, 0.6) is 11.5 Å². The maximum absolute atomic E-state index is 13.1. The van der Waals surface area contributed by atoms with Crippen molar-refractivity contribution in [3.8, 4) is 22.1 Å². The van der Waals surface area contributed by atoms with Crippen LogP contribution in [0.3, 0.4) is 0 Å². The van der Waals surface area contributed by atoms with Gasteiger partial charge in [0.1, 0.15) is 14.8 Å². The molecule has 2 aromatic carbocycles. The van der Waals surface area contributed by atoms with Crippen LogP contribution in [0.15, 0.2) is 52.8 Å². The molecule has 32 heavy (non-hydrogen) atoms. The van der Waals surface area contributed by atoms with Gasteiger partial charge in [0.15, 0.2) is 11.5 Å². The Morgan fingerprint density at radius 1 is 1.22 bits per heavy atom. The lowest BCUT2D eigenvalue weighted by Crippen LogP contribution is -2.28. The lowest BCUT2D eigenvalue weighted by atomic mass is 10.1. The largest absolute Gasteiger partial charge is 0.493 e. The van der Waals surface area contributed by atoms with Crippen LogP contribution in [-0.4, -0.2) is 48.7 Å². The first kappa shape index (κ1) is 22.1. The van der Waals surface area contributed by atoms with E-state index in [1.165, 1.54) is 23.0 Å². The normalized spacial score (nSPS) is 12.7. The zero-order valence-electron chi connectivity index (χ0n) is 17.9. The molecule has 0 saturated carbocycles. The third-order valence-corrected chi connectivity index (χ3v) is 6.79. The van der Waals surface area contributed by atoms with E-state index in [1.54, 1.807) is 30.5 Å². The Labute approximate surface area is 189 Å². The number of H-pyrrole nitrogens is 1. The molecule has 168 valence electrons. The number of aromatic nitrogens is 3. The van der Waals surface area contributed by atoms with Crippen LogP contribution in [-0.2, 0) is 9.84 Å². The van der Waals surface area contributed by atoms with Gasteiger partial charge in [-0.05, 0) is 36.8 Å². The van der Waals surface area contributed by atoms with E-state index in [9.17, 15) is 13.2 Å². The number of ether oxygens (including phenoxy) is 2. The molecule has 0 aliphatic carbocycles. The molecule has 10 heteroatoms. The molecule has 0 radical (unpaired) electrons. The van der Waals surface area contributed by atoms with Gasteiger partial charge in [-0.25, -0.2) is 18.2 Å². The molecule has 0 spiro atoms. The van der Waals surface area contributed by atoms with Crippen molar-refractivity contribution in [2.75, 3.05) is 25.7 Å². The van der Waals surface area contributed by atoms with Gasteiger partial charge in [0.2, 0.25) is 0 Å². The molecule has 0 amide bonds. The highest BCUT2D eigenvalue weighted by Gasteiger charge is 2.26. The first-order chi connectivity index (χ1) is 15.3. The molecule has 1 unspecified atom stereocenters. The molecule has 0 saturated heterocycles. The minimum absolute atomic E-state index is 0.251. The summed E-state index contributed by atoms with van der Waals surface area (Å²) in [6, 6.07) is 9.96. The topological polar surface area (TPSA) is 103 Å². The number of benzene rings is 2. The maximum atomic E-state index is 13.1. The first-order valence-electron chi connectivity index (χ1n) is 9.94. The van der Waals surface area contributed by atoms with Crippen LogP contribution in [0, 0.1) is 0 Å². The summed E-state index contributed by atoms with van der Waals surface area (Å²) in [5.74, 6) is 0.771. The zero-order valence-corrected chi connectivity index (χ0v) is 19.5. The Balaban J connectivity index is 1.94. The van der Waals surface area contributed by atoms with Crippen molar-refractivity contribution in [1.82, 2.24) is 14.5 Å². The summed E-state index contributed by atoms with van der Waals surface area (Å²) in [5.41, 5.74) is 2.24. The van der Waals surface area contributed by atoms with Crippen LogP contribution in [0.25, 0.3) is 21.6 Å². The Bertz CT molecular complexity index is 1410. The average molecular weight is 474 g/mol. The van der Waals surface area contributed by atoms with Gasteiger partial charge in [-0.3, -0.25) is 4.57 Å². The molecule has 0 fully saturated rings. The fourth-order valence-electron chi connectivity index (χ4n) is 3.77. The van der Waals surface area contributed by atoms with E-state index in [0.29, 0.717) is 34.7 Å². The van der Waals surface area contributed by atoms with Crippen molar-refractivity contribution < 1.29 is 17.9 Å². The second kappa shape index (κ2) is 8.79. The van der Waals surface area contributed by atoms with E-state index in [2.05, 4.69) is 9.97 Å². The number of methoxy groups -OCH3 is 1. The third kappa shape index (κ3) is 4.28. The van der Waals surface area contributed by atoms with E-state index in [1.807, 2.05) is 24.4 Å². The number of hydrogen-bond donors (Lipinski definition) is 1. The standard InChI is InChI=1S/C22H23N3O5S2/c1-4-30-19-12-14(8-9-18(19)29-2)17(13-32(3,27)28)25-16-7-5-6-15(20(16)24-22(25)26)21-23-10-11-31-21/h5-12,17H,4,13H2,1-3H3,(H,24,26). The molecule has 4 aromatic rings. The van der Waals surface area contributed by atoms with Gasteiger partial charge in [-0.1, -0.05) is 12.1 Å². The molecule has 2 heterocycles. The van der Waals surface area contributed by atoms with E-state index in [4.69, 9.17) is 9.47 Å². The Morgan fingerprint density at radius 2 is 2.03 bits per heavy atom. The number of aromatic amines is 1. The average Bonchev–Trinajstić information content (AvgIpc) is 3.39. The number of fused-ring (bicyclic) bond motifs is 1. The van der Waals surface area contributed by atoms with Crippen molar-refractivity contribution in [2.24, 2.45) is 0 Å². The number of imidazole rings is 1. The van der Waals surface area contributed by atoms with Gasteiger partial charge in [-0.15, -0.1) is 11.3 Å². The summed E-state index contributed by atoms with van der Waals surface area (Å²) in [7, 11) is -1.90. The van der Waals surface area contributed by atoms with E-state index >= 15 is 0 Å². The van der Waals surface area contributed by atoms with Crippen LogP contribution in [0.4, 0.5) is 0 Å². The van der Waals surface area contributed by atoms with Gasteiger partial charge in [-0.2, -0.15) is 0 Å². The Kier molecular flexibility index (Phi) is 6.07. The highest BCUT2D eigenvalue weighted by Crippen LogP contribution is 2.34. The van der Waals surface area contributed by atoms with Crippen molar-refractivity contribution in [1.29, 1.82) is 0 Å². The third-order valence-electron chi connectivity index (χ3n) is 5.06. The van der Waals surface area contributed by atoms with Crippen LogP contribution < -0.4 is 15.2 Å². The first-order valence-corrected chi connectivity index (χ1v) is 12.9. The van der Waals surface area contributed by atoms with Crippen LogP contribution in [0.2, 0.25) is 0 Å². The van der Waals surface area contributed by atoms with Gasteiger partial charge in [0, 0.05) is 23.4 Å². The Hall–Kier alpha value is -3.11. The summed E-state index contributed by atoms with van der Waals surface area (Å²) >= 11 is 1.46. The molecule has 8 nitrogen and oxygen atoms in total.